The summed E-state index contributed by atoms with van der Waals surface area (Å²) >= 11 is 0. The second kappa shape index (κ2) is 8.95. The number of nitrogens with one attached hydrogen (secondary N) is 2. The van der Waals surface area contributed by atoms with Crippen LogP contribution in [-0.4, -0.2) is 58.0 Å². The maximum absolute atomic E-state index is 11.8. The van der Waals surface area contributed by atoms with Crippen LogP contribution in [0.15, 0.2) is 36.9 Å². The molecule has 0 saturated heterocycles. The van der Waals surface area contributed by atoms with E-state index >= 15 is 0 Å². The van der Waals surface area contributed by atoms with Gasteiger partial charge in [0.05, 0.1) is 6.04 Å². The van der Waals surface area contributed by atoms with E-state index in [1.54, 1.807) is 0 Å². The number of carbonyl (C=O) groups is 2. The lowest BCUT2D eigenvalue weighted by Crippen LogP contribution is -2.43. The van der Waals surface area contributed by atoms with Crippen LogP contribution in [0.4, 0.5) is 5.69 Å². The Morgan fingerprint density at radius 1 is 1.09 bits per heavy atom. The summed E-state index contributed by atoms with van der Waals surface area (Å²) in [6.07, 6.45) is 1.53. The van der Waals surface area contributed by atoms with Crippen molar-refractivity contribution in [3.8, 4) is 0 Å². The van der Waals surface area contributed by atoms with Crippen LogP contribution in [0.2, 0.25) is 0 Å². The molecule has 1 rings (SSSR count). The summed E-state index contributed by atoms with van der Waals surface area (Å²) in [4.78, 5) is 27.4. The van der Waals surface area contributed by atoms with Crippen molar-refractivity contribution in [1.82, 2.24) is 15.5 Å². The number of anilines is 1. The lowest BCUT2D eigenvalue weighted by Gasteiger charge is -2.25. The molecule has 0 aliphatic rings. The van der Waals surface area contributed by atoms with Crippen LogP contribution in [0.3, 0.4) is 0 Å². The van der Waals surface area contributed by atoms with Crippen LogP contribution in [0, 0.1) is 0 Å². The molecule has 1 atom stereocenters. The maximum Gasteiger partial charge on any atom is 0.309 e. The minimum absolute atomic E-state index is 0.0117. The highest BCUT2D eigenvalue weighted by Gasteiger charge is 2.18. The molecule has 1 aromatic rings. The molecule has 1 aromatic carbocycles. The SMILES string of the molecule is C=CCNC(=O)C(=O)NC[C@@H](c1ccc(N(C)C)cc1)N(C)C. The summed E-state index contributed by atoms with van der Waals surface area (Å²) < 4.78 is 0. The van der Waals surface area contributed by atoms with Crippen molar-refractivity contribution in [2.45, 2.75) is 6.04 Å². The topological polar surface area (TPSA) is 64.7 Å². The molecule has 2 amide bonds. The molecule has 0 radical (unpaired) electrons. The van der Waals surface area contributed by atoms with Gasteiger partial charge in [0.25, 0.3) is 0 Å². The van der Waals surface area contributed by atoms with Crippen molar-refractivity contribution >= 4 is 17.5 Å². The van der Waals surface area contributed by atoms with Crippen molar-refractivity contribution in [2.75, 3.05) is 46.2 Å². The normalized spacial score (nSPS) is 11.7. The molecule has 0 unspecified atom stereocenters. The fraction of sp³-hybridized carbons (Fsp3) is 0.412. The molecule has 6 nitrogen and oxygen atoms in total. The van der Waals surface area contributed by atoms with E-state index in [1.807, 2.05) is 62.3 Å². The summed E-state index contributed by atoms with van der Waals surface area (Å²) in [6.45, 7) is 4.12. The zero-order valence-corrected chi connectivity index (χ0v) is 14.3. The van der Waals surface area contributed by atoms with Crippen molar-refractivity contribution in [1.29, 1.82) is 0 Å². The maximum atomic E-state index is 11.8. The largest absolute Gasteiger partial charge is 0.378 e. The van der Waals surface area contributed by atoms with Gasteiger partial charge in [-0.25, -0.2) is 0 Å². The van der Waals surface area contributed by atoms with Crippen molar-refractivity contribution in [2.24, 2.45) is 0 Å². The number of nitrogens with zero attached hydrogens (tertiary/aromatic N) is 2. The van der Waals surface area contributed by atoms with Crippen molar-refractivity contribution < 1.29 is 9.59 Å². The minimum Gasteiger partial charge on any atom is -0.378 e. The lowest BCUT2D eigenvalue weighted by molar-refractivity contribution is -0.139. The fourth-order valence-corrected chi connectivity index (χ4v) is 2.11. The molecule has 0 heterocycles. The van der Waals surface area contributed by atoms with Gasteiger partial charge in [-0.1, -0.05) is 18.2 Å². The summed E-state index contributed by atoms with van der Waals surface area (Å²) in [5.74, 6) is -1.28. The second-order valence-corrected chi connectivity index (χ2v) is 5.67. The third-order valence-electron chi connectivity index (χ3n) is 3.49. The van der Waals surface area contributed by atoms with E-state index in [0.717, 1.165) is 11.3 Å². The van der Waals surface area contributed by atoms with Crippen LogP contribution in [0.5, 0.6) is 0 Å². The van der Waals surface area contributed by atoms with Gasteiger partial charge in [-0.3, -0.25) is 9.59 Å². The van der Waals surface area contributed by atoms with E-state index in [-0.39, 0.29) is 12.6 Å². The first kappa shape index (κ1) is 18.7. The molecule has 23 heavy (non-hydrogen) atoms. The average molecular weight is 318 g/mol. The molecule has 126 valence electrons. The first-order chi connectivity index (χ1) is 10.9. The number of rotatable bonds is 7. The average Bonchev–Trinajstić information content (AvgIpc) is 2.52. The number of hydrogen-bond acceptors (Lipinski definition) is 4. The van der Waals surface area contributed by atoms with Gasteiger partial charge in [0, 0.05) is 32.9 Å². The summed E-state index contributed by atoms with van der Waals surface area (Å²) in [5, 5.41) is 5.13. The molecule has 2 N–H and O–H groups in total. The van der Waals surface area contributed by atoms with E-state index < -0.39 is 11.8 Å². The summed E-state index contributed by atoms with van der Waals surface area (Å²) in [5.41, 5.74) is 2.19. The summed E-state index contributed by atoms with van der Waals surface area (Å²) in [7, 11) is 7.85. The van der Waals surface area contributed by atoms with Gasteiger partial charge in [0.2, 0.25) is 0 Å². The molecule has 0 fully saturated rings. The predicted molar refractivity (Wildman–Crippen MR) is 93.4 cm³/mol. The Labute approximate surface area is 138 Å². The highest BCUT2D eigenvalue weighted by Crippen LogP contribution is 2.20. The first-order valence-electron chi connectivity index (χ1n) is 7.47. The van der Waals surface area contributed by atoms with Crippen LogP contribution < -0.4 is 15.5 Å². The van der Waals surface area contributed by atoms with Gasteiger partial charge in [0.15, 0.2) is 0 Å². The Hall–Kier alpha value is -2.34. The Kier molecular flexibility index (Phi) is 7.28. The molecule has 6 heteroatoms. The molecule has 0 bridgehead atoms. The molecule has 0 aliphatic carbocycles. The molecular weight excluding hydrogens is 292 g/mol. The first-order valence-corrected chi connectivity index (χ1v) is 7.47. The zero-order chi connectivity index (χ0) is 17.4. The van der Waals surface area contributed by atoms with Crippen LogP contribution in [-0.2, 0) is 9.59 Å². The highest BCUT2D eigenvalue weighted by molar-refractivity contribution is 6.35. The standard InChI is InChI=1S/C17H26N4O2/c1-6-11-18-16(22)17(23)19-12-15(21(4)5)13-7-9-14(10-8-13)20(2)3/h6-10,15H,1,11-12H2,2-5H3,(H,18,22)(H,19,23)/t15-/m0/s1. The van der Waals surface area contributed by atoms with Gasteiger partial charge in [-0.15, -0.1) is 6.58 Å². The van der Waals surface area contributed by atoms with Gasteiger partial charge >= 0.3 is 11.8 Å². The number of carbonyl (C=O) groups excluding carboxylic acids is 2. The number of likely N-dealkylation sites (N-methyl/N-ethyl adjacent to an activating group) is 1. The Bertz CT molecular complexity index is 538. The third-order valence-corrected chi connectivity index (χ3v) is 3.49. The molecule has 0 spiro atoms. The predicted octanol–water partition coefficient (Wildman–Crippen LogP) is 0.774. The van der Waals surface area contributed by atoms with E-state index in [1.165, 1.54) is 6.08 Å². The fourth-order valence-electron chi connectivity index (χ4n) is 2.11. The quantitative estimate of drug-likeness (QED) is 0.576. The van der Waals surface area contributed by atoms with Gasteiger partial charge in [-0.2, -0.15) is 0 Å². The van der Waals surface area contributed by atoms with Crippen LogP contribution >= 0.6 is 0 Å². The molecule has 0 saturated carbocycles. The Morgan fingerprint density at radius 2 is 1.65 bits per heavy atom. The smallest absolute Gasteiger partial charge is 0.309 e. The van der Waals surface area contributed by atoms with Crippen LogP contribution in [0.1, 0.15) is 11.6 Å². The third kappa shape index (κ3) is 5.75. The zero-order valence-electron chi connectivity index (χ0n) is 14.3. The van der Waals surface area contributed by atoms with Crippen LogP contribution in [0.25, 0.3) is 0 Å². The van der Waals surface area contributed by atoms with E-state index in [2.05, 4.69) is 17.2 Å². The molecular formula is C17H26N4O2. The molecule has 0 aliphatic heterocycles. The number of hydrogen-bond donors (Lipinski definition) is 2. The van der Waals surface area contributed by atoms with Crippen molar-refractivity contribution in [3.05, 3.63) is 42.5 Å². The van der Waals surface area contributed by atoms with Crippen molar-refractivity contribution in [3.63, 3.8) is 0 Å². The molecule has 0 aromatic heterocycles. The van der Waals surface area contributed by atoms with Gasteiger partial charge < -0.3 is 20.4 Å². The number of benzene rings is 1. The minimum atomic E-state index is -0.648. The highest BCUT2D eigenvalue weighted by atomic mass is 16.2. The van der Waals surface area contributed by atoms with E-state index in [4.69, 9.17) is 0 Å². The van der Waals surface area contributed by atoms with Gasteiger partial charge in [0.1, 0.15) is 0 Å². The van der Waals surface area contributed by atoms with Gasteiger partial charge in [-0.05, 0) is 31.8 Å². The van der Waals surface area contributed by atoms with E-state index in [9.17, 15) is 9.59 Å². The second-order valence-electron chi connectivity index (χ2n) is 5.67. The monoisotopic (exact) mass is 318 g/mol. The van der Waals surface area contributed by atoms with E-state index in [0.29, 0.717) is 6.54 Å². The Morgan fingerprint density at radius 3 is 2.13 bits per heavy atom. The summed E-state index contributed by atoms with van der Waals surface area (Å²) in [6, 6.07) is 8.12. The Balaban J connectivity index is 2.70. The lowest BCUT2D eigenvalue weighted by atomic mass is 10.1. The number of amides is 2.